The van der Waals surface area contributed by atoms with Gasteiger partial charge in [-0.05, 0) is 36.6 Å². The molecule has 1 atom stereocenters. The van der Waals surface area contributed by atoms with Crippen LogP contribution < -0.4 is 5.32 Å². The molecule has 0 saturated heterocycles. The average Bonchev–Trinajstić information content (AvgIpc) is 3.10. The highest BCUT2D eigenvalue weighted by atomic mass is 35.5. The number of amides is 1. The van der Waals surface area contributed by atoms with Crippen molar-refractivity contribution in [1.29, 1.82) is 0 Å². The number of sulfonamides is 1. The van der Waals surface area contributed by atoms with Crippen LogP contribution in [0.1, 0.15) is 42.0 Å². The van der Waals surface area contributed by atoms with E-state index in [1.807, 2.05) is 24.4 Å². The van der Waals surface area contributed by atoms with Gasteiger partial charge in [-0.15, -0.1) is 11.3 Å². The summed E-state index contributed by atoms with van der Waals surface area (Å²) in [6, 6.07) is 7.86. The Morgan fingerprint density at radius 3 is 2.52 bits per heavy atom. The maximum atomic E-state index is 12.6. The van der Waals surface area contributed by atoms with Crippen LogP contribution in [0.3, 0.4) is 0 Å². The Balaban J connectivity index is 2.31. The number of hydrogen-bond donors (Lipinski definition) is 1. The SMILES string of the molecule is CCN(CC)S(=O)(=O)c1ccc(Cl)c(C(=O)N[C@@H](C)c2cccs2)c1. The maximum absolute atomic E-state index is 12.6. The van der Waals surface area contributed by atoms with E-state index in [0.29, 0.717) is 13.1 Å². The van der Waals surface area contributed by atoms with Gasteiger partial charge in [-0.25, -0.2) is 8.42 Å². The Kier molecular flexibility index (Phi) is 6.62. The molecule has 0 aliphatic carbocycles. The third kappa shape index (κ3) is 4.41. The molecule has 5 nitrogen and oxygen atoms in total. The number of halogens is 1. The second-order valence-electron chi connectivity index (χ2n) is 5.44. The first-order valence-corrected chi connectivity index (χ1v) is 10.6. The monoisotopic (exact) mass is 400 g/mol. The van der Waals surface area contributed by atoms with E-state index in [2.05, 4.69) is 5.32 Å². The van der Waals surface area contributed by atoms with Gasteiger partial charge in [0.05, 0.1) is 21.5 Å². The first-order valence-electron chi connectivity index (χ1n) is 7.95. The van der Waals surface area contributed by atoms with Crippen LogP contribution in [0.15, 0.2) is 40.6 Å². The average molecular weight is 401 g/mol. The van der Waals surface area contributed by atoms with Gasteiger partial charge in [-0.3, -0.25) is 4.79 Å². The molecular formula is C17H21ClN2O3S2. The van der Waals surface area contributed by atoms with Crippen LogP contribution in [-0.2, 0) is 10.0 Å². The largest absolute Gasteiger partial charge is 0.345 e. The van der Waals surface area contributed by atoms with Gasteiger partial charge in [-0.1, -0.05) is 31.5 Å². The number of hydrogen-bond acceptors (Lipinski definition) is 4. The van der Waals surface area contributed by atoms with Crippen molar-refractivity contribution in [3.8, 4) is 0 Å². The summed E-state index contributed by atoms with van der Waals surface area (Å²) in [6.07, 6.45) is 0. The standard InChI is InChI=1S/C17H21ClN2O3S2/c1-4-20(5-2)25(22,23)13-8-9-15(18)14(11-13)17(21)19-12(3)16-7-6-10-24-16/h6-12H,4-5H2,1-3H3,(H,19,21)/t12-/m0/s1. The van der Waals surface area contributed by atoms with Gasteiger partial charge in [0.15, 0.2) is 0 Å². The molecule has 0 aliphatic heterocycles. The number of rotatable bonds is 7. The van der Waals surface area contributed by atoms with Crippen LogP contribution in [0.5, 0.6) is 0 Å². The molecule has 25 heavy (non-hydrogen) atoms. The number of carbonyl (C=O) groups is 1. The lowest BCUT2D eigenvalue weighted by molar-refractivity contribution is 0.0940. The lowest BCUT2D eigenvalue weighted by Gasteiger charge is -2.19. The molecule has 0 aliphatic rings. The van der Waals surface area contributed by atoms with Crippen molar-refractivity contribution < 1.29 is 13.2 Å². The zero-order valence-electron chi connectivity index (χ0n) is 14.3. The van der Waals surface area contributed by atoms with Crippen LogP contribution in [0.4, 0.5) is 0 Å². The first kappa shape index (κ1) is 19.9. The van der Waals surface area contributed by atoms with Crippen molar-refractivity contribution in [1.82, 2.24) is 9.62 Å². The summed E-state index contributed by atoms with van der Waals surface area (Å²) in [7, 11) is -3.65. The van der Waals surface area contributed by atoms with E-state index in [4.69, 9.17) is 11.6 Å². The minimum Gasteiger partial charge on any atom is -0.345 e. The van der Waals surface area contributed by atoms with Crippen molar-refractivity contribution >= 4 is 38.9 Å². The molecule has 8 heteroatoms. The highest BCUT2D eigenvalue weighted by Crippen LogP contribution is 2.24. The predicted molar refractivity (Wildman–Crippen MR) is 102 cm³/mol. The van der Waals surface area contributed by atoms with E-state index < -0.39 is 15.9 Å². The van der Waals surface area contributed by atoms with E-state index in [0.717, 1.165) is 4.88 Å². The highest BCUT2D eigenvalue weighted by Gasteiger charge is 2.24. The van der Waals surface area contributed by atoms with Crippen molar-refractivity contribution in [3.05, 3.63) is 51.2 Å². The number of benzene rings is 1. The van der Waals surface area contributed by atoms with Gasteiger partial charge >= 0.3 is 0 Å². The van der Waals surface area contributed by atoms with Crippen molar-refractivity contribution in [2.45, 2.75) is 31.7 Å². The number of nitrogens with zero attached hydrogens (tertiary/aromatic N) is 1. The number of carbonyl (C=O) groups excluding carboxylic acids is 1. The van der Waals surface area contributed by atoms with Crippen LogP contribution in [0, 0.1) is 0 Å². The quantitative estimate of drug-likeness (QED) is 0.765. The first-order chi connectivity index (χ1) is 11.8. The summed E-state index contributed by atoms with van der Waals surface area (Å²) in [6.45, 7) is 6.13. The van der Waals surface area contributed by atoms with Gasteiger partial charge in [0, 0.05) is 18.0 Å². The van der Waals surface area contributed by atoms with E-state index in [1.54, 1.807) is 13.8 Å². The summed E-state index contributed by atoms with van der Waals surface area (Å²) < 4.78 is 26.6. The summed E-state index contributed by atoms with van der Waals surface area (Å²) in [4.78, 5) is 13.6. The fourth-order valence-electron chi connectivity index (χ4n) is 2.43. The molecule has 0 bridgehead atoms. The second-order valence-corrected chi connectivity index (χ2v) is 8.77. The van der Waals surface area contributed by atoms with E-state index in [9.17, 15) is 13.2 Å². The molecule has 1 N–H and O–H groups in total. The van der Waals surface area contributed by atoms with Crippen molar-refractivity contribution in [2.75, 3.05) is 13.1 Å². The van der Waals surface area contributed by atoms with Gasteiger partial charge in [0.2, 0.25) is 10.0 Å². The Bertz CT molecular complexity index is 832. The van der Waals surface area contributed by atoms with Gasteiger partial charge < -0.3 is 5.32 Å². The van der Waals surface area contributed by atoms with Gasteiger partial charge in [-0.2, -0.15) is 4.31 Å². The topological polar surface area (TPSA) is 66.5 Å². The zero-order valence-corrected chi connectivity index (χ0v) is 16.7. The molecule has 136 valence electrons. The fraction of sp³-hybridized carbons (Fsp3) is 0.353. The lowest BCUT2D eigenvalue weighted by atomic mass is 10.2. The summed E-state index contributed by atoms with van der Waals surface area (Å²) in [5.74, 6) is -0.400. The normalized spacial score (nSPS) is 13.0. The van der Waals surface area contributed by atoms with Crippen LogP contribution in [0.2, 0.25) is 5.02 Å². The second kappa shape index (κ2) is 8.31. The lowest BCUT2D eigenvalue weighted by Crippen LogP contribution is -2.31. The van der Waals surface area contributed by atoms with E-state index >= 15 is 0 Å². The van der Waals surface area contributed by atoms with Crippen LogP contribution in [-0.4, -0.2) is 31.7 Å². The fourth-order valence-corrected chi connectivity index (χ4v) is 4.86. The molecule has 2 aromatic rings. The molecule has 0 saturated carbocycles. The van der Waals surface area contributed by atoms with Crippen LogP contribution >= 0.6 is 22.9 Å². The molecule has 1 aromatic heterocycles. The molecule has 1 heterocycles. The zero-order chi connectivity index (χ0) is 18.6. The molecule has 1 aromatic carbocycles. The van der Waals surface area contributed by atoms with Gasteiger partial charge in [0.1, 0.15) is 0 Å². The molecule has 2 rings (SSSR count). The predicted octanol–water partition coefficient (Wildman–Crippen LogP) is 3.92. The molecule has 0 unspecified atom stereocenters. The van der Waals surface area contributed by atoms with Crippen LogP contribution in [0.25, 0.3) is 0 Å². The molecule has 0 fully saturated rings. The van der Waals surface area contributed by atoms with Crippen molar-refractivity contribution in [3.63, 3.8) is 0 Å². The summed E-state index contributed by atoms with van der Waals surface area (Å²) in [5.41, 5.74) is 0.151. The minimum atomic E-state index is -3.65. The Morgan fingerprint density at radius 2 is 1.96 bits per heavy atom. The molecular weight excluding hydrogens is 380 g/mol. The smallest absolute Gasteiger partial charge is 0.253 e. The minimum absolute atomic E-state index is 0.0644. The maximum Gasteiger partial charge on any atom is 0.253 e. The van der Waals surface area contributed by atoms with E-state index in [-0.39, 0.29) is 21.5 Å². The molecule has 1 amide bonds. The Morgan fingerprint density at radius 1 is 1.28 bits per heavy atom. The third-order valence-corrected chi connectivity index (χ3v) is 7.27. The summed E-state index contributed by atoms with van der Waals surface area (Å²) in [5, 5.41) is 5.00. The Labute approximate surface area is 157 Å². The Hall–Kier alpha value is -1.41. The number of thiophene rings is 1. The molecule has 0 spiro atoms. The third-order valence-electron chi connectivity index (χ3n) is 3.84. The number of nitrogens with one attached hydrogen (secondary N) is 1. The highest BCUT2D eigenvalue weighted by molar-refractivity contribution is 7.89. The van der Waals surface area contributed by atoms with Crippen molar-refractivity contribution in [2.24, 2.45) is 0 Å². The van der Waals surface area contributed by atoms with Gasteiger partial charge in [0.25, 0.3) is 5.91 Å². The van der Waals surface area contributed by atoms with E-state index in [1.165, 1.54) is 33.8 Å². The summed E-state index contributed by atoms with van der Waals surface area (Å²) >= 11 is 7.67. The molecule has 0 radical (unpaired) electrons.